The summed E-state index contributed by atoms with van der Waals surface area (Å²) in [6, 6.07) is 5.59. The standard InChI is InChI=1S/C21H31N3O5/c1-5-28-21(27)16-8-10-24(11-9-16)19(25)13-22-17-7-6-15(2)12-18(17)29-14-20(26)23(3)4/h6-7,12,16,22H,5,8-11,13-14H2,1-4H3. The summed E-state index contributed by atoms with van der Waals surface area (Å²) in [6.45, 7) is 5.23. The number of esters is 1. The molecular formula is C21H31N3O5. The van der Waals surface area contributed by atoms with Gasteiger partial charge in [0, 0.05) is 27.2 Å². The van der Waals surface area contributed by atoms with Gasteiger partial charge in [-0.25, -0.2) is 0 Å². The van der Waals surface area contributed by atoms with Crippen molar-refractivity contribution in [3.05, 3.63) is 23.8 Å². The van der Waals surface area contributed by atoms with Crippen molar-refractivity contribution in [2.24, 2.45) is 5.92 Å². The molecule has 1 saturated heterocycles. The third kappa shape index (κ3) is 6.66. The number of carbonyl (C=O) groups is 3. The molecule has 8 nitrogen and oxygen atoms in total. The van der Waals surface area contributed by atoms with E-state index >= 15 is 0 Å². The van der Waals surface area contributed by atoms with E-state index < -0.39 is 0 Å². The Hall–Kier alpha value is -2.77. The molecule has 0 spiro atoms. The molecule has 0 radical (unpaired) electrons. The Morgan fingerprint density at radius 3 is 2.52 bits per heavy atom. The number of rotatable bonds is 8. The maximum atomic E-state index is 12.6. The van der Waals surface area contributed by atoms with Crippen LogP contribution in [-0.2, 0) is 19.1 Å². The Kier molecular flexibility index (Phi) is 8.30. The van der Waals surface area contributed by atoms with Crippen LogP contribution in [0.1, 0.15) is 25.3 Å². The van der Waals surface area contributed by atoms with Crippen LogP contribution in [0.2, 0.25) is 0 Å². The first-order valence-corrected chi connectivity index (χ1v) is 9.93. The number of benzene rings is 1. The lowest BCUT2D eigenvalue weighted by Gasteiger charge is -2.31. The molecule has 0 bridgehead atoms. The number of hydrogen-bond acceptors (Lipinski definition) is 6. The fraction of sp³-hybridized carbons (Fsp3) is 0.571. The van der Waals surface area contributed by atoms with Gasteiger partial charge in [-0.15, -0.1) is 0 Å². The quantitative estimate of drug-likeness (QED) is 0.662. The minimum Gasteiger partial charge on any atom is -0.482 e. The van der Waals surface area contributed by atoms with Gasteiger partial charge in [-0.2, -0.15) is 0 Å². The summed E-state index contributed by atoms with van der Waals surface area (Å²) in [6.07, 6.45) is 1.24. The second-order valence-corrected chi connectivity index (χ2v) is 7.34. The second kappa shape index (κ2) is 10.7. The first kappa shape index (κ1) is 22.5. The number of likely N-dealkylation sites (tertiary alicyclic amines) is 1. The van der Waals surface area contributed by atoms with Crippen molar-refractivity contribution in [2.75, 3.05) is 52.3 Å². The molecule has 2 rings (SSSR count). The normalized spacial score (nSPS) is 14.3. The highest BCUT2D eigenvalue weighted by Gasteiger charge is 2.28. The maximum absolute atomic E-state index is 12.6. The fourth-order valence-corrected chi connectivity index (χ4v) is 3.07. The van der Waals surface area contributed by atoms with Crippen LogP contribution in [0.5, 0.6) is 5.75 Å². The third-order valence-corrected chi connectivity index (χ3v) is 4.88. The van der Waals surface area contributed by atoms with Crippen LogP contribution in [0.4, 0.5) is 5.69 Å². The summed E-state index contributed by atoms with van der Waals surface area (Å²) in [4.78, 5) is 39.4. The van der Waals surface area contributed by atoms with Crippen LogP contribution >= 0.6 is 0 Å². The number of ether oxygens (including phenoxy) is 2. The number of hydrogen-bond donors (Lipinski definition) is 1. The first-order chi connectivity index (χ1) is 13.8. The van der Waals surface area contributed by atoms with Crippen molar-refractivity contribution in [1.82, 2.24) is 9.80 Å². The fourth-order valence-electron chi connectivity index (χ4n) is 3.07. The zero-order valence-corrected chi connectivity index (χ0v) is 17.7. The van der Waals surface area contributed by atoms with Crippen molar-refractivity contribution in [3.63, 3.8) is 0 Å². The summed E-state index contributed by atoms with van der Waals surface area (Å²) >= 11 is 0. The molecule has 1 N–H and O–H groups in total. The minimum atomic E-state index is -0.175. The van der Waals surface area contributed by atoms with Crippen LogP contribution in [0.3, 0.4) is 0 Å². The largest absolute Gasteiger partial charge is 0.482 e. The number of amides is 2. The number of piperidine rings is 1. The van der Waals surface area contributed by atoms with Crippen molar-refractivity contribution in [1.29, 1.82) is 0 Å². The molecule has 1 heterocycles. The van der Waals surface area contributed by atoms with Crippen LogP contribution < -0.4 is 10.1 Å². The molecular weight excluding hydrogens is 374 g/mol. The van der Waals surface area contributed by atoms with E-state index in [1.165, 1.54) is 4.90 Å². The number of likely N-dealkylation sites (N-methyl/N-ethyl adjacent to an activating group) is 1. The summed E-state index contributed by atoms with van der Waals surface area (Å²) in [5, 5.41) is 3.11. The van der Waals surface area contributed by atoms with E-state index in [0.717, 1.165) is 5.56 Å². The lowest BCUT2D eigenvalue weighted by atomic mass is 9.97. The van der Waals surface area contributed by atoms with Crippen LogP contribution in [0, 0.1) is 12.8 Å². The molecule has 2 amide bonds. The average Bonchev–Trinajstić information content (AvgIpc) is 2.71. The monoisotopic (exact) mass is 405 g/mol. The van der Waals surface area contributed by atoms with Gasteiger partial charge in [0.05, 0.1) is 24.8 Å². The van der Waals surface area contributed by atoms with E-state index in [-0.39, 0.29) is 36.9 Å². The SMILES string of the molecule is CCOC(=O)C1CCN(C(=O)CNc2ccc(C)cc2OCC(=O)N(C)C)CC1. The zero-order chi connectivity index (χ0) is 21.4. The molecule has 0 atom stereocenters. The van der Waals surface area contributed by atoms with E-state index in [4.69, 9.17) is 9.47 Å². The van der Waals surface area contributed by atoms with Crippen LogP contribution in [0.25, 0.3) is 0 Å². The smallest absolute Gasteiger partial charge is 0.309 e. The molecule has 0 saturated carbocycles. The highest BCUT2D eigenvalue weighted by molar-refractivity contribution is 5.82. The number of carbonyl (C=O) groups excluding carboxylic acids is 3. The molecule has 160 valence electrons. The number of aryl methyl sites for hydroxylation is 1. The van der Waals surface area contributed by atoms with Gasteiger partial charge < -0.3 is 24.6 Å². The van der Waals surface area contributed by atoms with Gasteiger partial charge in [-0.1, -0.05) is 6.07 Å². The Labute approximate surface area is 172 Å². The van der Waals surface area contributed by atoms with Crippen molar-refractivity contribution < 1.29 is 23.9 Å². The number of nitrogens with one attached hydrogen (secondary N) is 1. The zero-order valence-electron chi connectivity index (χ0n) is 17.7. The summed E-state index contributed by atoms with van der Waals surface area (Å²) in [7, 11) is 3.34. The summed E-state index contributed by atoms with van der Waals surface area (Å²) in [5.41, 5.74) is 1.66. The molecule has 8 heteroatoms. The molecule has 0 aromatic heterocycles. The predicted octanol–water partition coefficient (Wildman–Crippen LogP) is 1.68. The summed E-state index contributed by atoms with van der Waals surface area (Å²) < 4.78 is 10.7. The van der Waals surface area contributed by atoms with Gasteiger partial charge in [0.1, 0.15) is 5.75 Å². The maximum Gasteiger partial charge on any atom is 0.309 e. The van der Waals surface area contributed by atoms with E-state index in [1.807, 2.05) is 25.1 Å². The van der Waals surface area contributed by atoms with Gasteiger partial charge >= 0.3 is 5.97 Å². The van der Waals surface area contributed by atoms with E-state index in [2.05, 4.69) is 5.32 Å². The van der Waals surface area contributed by atoms with Crippen molar-refractivity contribution >= 4 is 23.5 Å². The minimum absolute atomic E-state index is 0.0387. The Morgan fingerprint density at radius 1 is 1.21 bits per heavy atom. The van der Waals surface area contributed by atoms with E-state index in [0.29, 0.717) is 44.0 Å². The van der Waals surface area contributed by atoms with Crippen molar-refractivity contribution in [3.8, 4) is 5.75 Å². The van der Waals surface area contributed by atoms with Gasteiger partial charge in [-0.3, -0.25) is 14.4 Å². The molecule has 1 aromatic rings. The molecule has 0 unspecified atom stereocenters. The van der Waals surface area contributed by atoms with Crippen LogP contribution in [0.15, 0.2) is 18.2 Å². The third-order valence-electron chi connectivity index (χ3n) is 4.88. The molecule has 1 fully saturated rings. The Morgan fingerprint density at radius 2 is 1.90 bits per heavy atom. The van der Waals surface area contributed by atoms with Gasteiger partial charge in [-0.05, 0) is 44.4 Å². The molecule has 1 aliphatic heterocycles. The molecule has 1 aliphatic rings. The average molecular weight is 405 g/mol. The van der Waals surface area contributed by atoms with E-state index in [9.17, 15) is 14.4 Å². The predicted molar refractivity (Wildman–Crippen MR) is 110 cm³/mol. The molecule has 1 aromatic carbocycles. The molecule has 0 aliphatic carbocycles. The number of nitrogens with zero attached hydrogens (tertiary/aromatic N) is 2. The highest BCUT2D eigenvalue weighted by Crippen LogP contribution is 2.26. The topological polar surface area (TPSA) is 88.2 Å². The summed E-state index contributed by atoms with van der Waals surface area (Å²) in [5.74, 6) is 0.0555. The molecule has 29 heavy (non-hydrogen) atoms. The number of anilines is 1. The van der Waals surface area contributed by atoms with Crippen molar-refractivity contribution in [2.45, 2.75) is 26.7 Å². The Bertz CT molecular complexity index is 727. The van der Waals surface area contributed by atoms with Gasteiger partial charge in [0.15, 0.2) is 6.61 Å². The first-order valence-electron chi connectivity index (χ1n) is 9.93. The lowest BCUT2D eigenvalue weighted by Crippen LogP contribution is -2.43. The van der Waals surface area contributed by atoms with Gasteiger partial charge in [0.25, 0.3) is 5.91 Å². The lowest BCUT2D eigenvalue weighted by molar-refractivity contribution is -0.151. The highest BCUT2D eigenvalue weighted by atomic mass is 16.5. The Balaban J connectivity index is 1.88. The van der Waals surface area contributed by atoms with E-state index in [1.54, 1.807) is 25.9 Å². The second-order valence-electron chi connectivity index (χ2n) is 7.34. The van der Waals surface area contributed by atoms with Gasteiger partial charge in [0.2, 0.25) is 5.91 Å². The van der Waals surface area contributed by atoms with Crippen LogP contribution in [-0.4, -0.2) is 74.5 Å².